The molecule has 0 spiro atoms. The average molecular weight is 699 g/mol. The van der Waals surface area contributed by atoms with Crippen LogP contribution in [0.1, 0.15) is 49.9 Å². The highest BCUT2D eigenvalue weighted by Crippen LogP contribution is 2.51. The Labute approximate surface area is 310 Å². The lowest BCUT2D eigenvalue weighted by Crippen LogP contribution is -2.14. The van der Waals surface area contributed by atoms with Crippen molar-refractivity contribution in [1.82, 2.24) is 0 Å². The second-order valence-electron chi connectivity index (χ2n) is 16.0. The van der Waals surface area contributed by atoms with Gasteiger partial charge in [-0.05, 0) is 115 Å². The molecule has 0 fully saturated rings. The van der Waals surface area contributed by atoms with Crippen molar-refractivity contribution in [2.75, 3.05) is 0 Å². The van der Waals surface area contributed by atoms with Gasteiger partial charge in [-0.1, -0.05) is 113 Å². The van der Waals surface area contributed by atoms with Crippen LogP contribution in [0.2, 0.25) is 0 Å². The predicted molar refractivity (Wildman–Crippen MR) is 220 cm³/mol. The Balaban J connectivity index is 1.01. The molecule has 2 aliphatic carbocycles. The van der Waals surface area contributed by atoms with Crippen molar-refractivity contribution in [3.8, 4) is 44.5 Å². The van der Waals surface area contributed by atoms with Gasteiger partial charge in [0, 0.05) is 10.8 Å². The van der Waals surface area contributed by atoms with Gasteiger partial charge in [-0.25, -0.2) is 0 Å². The first-order valence-corrected chi connectivity index (χ1v) is 18.5. The number of fused-ring (bicyclic) bond motifs is 11. The molecule has 2 aliphatic rings. The van der Waals surface area contributed by atoms with E-state index in [0.29, 0.717) is 32.9 Å². The van der Waals surface area contributed by atoms with Gasteiger partial charge in [0.05, 0.1) is 16.2 Å². The maximum absolute atomic E-state index is 14.2. The molecule has 0 atom stereocenters. The minimum Gasteiger partial charge on any atom is -0.456 e. The summed E-state index contributed by atoms with van der Waals surface area (Å²) in [6.07, 6.45) is 0. The minimum atomic E-state index is -0.227. The highest BCUT2D eigenvalue weighted by Gasteiger charge is 2.36. The van der Waals surface area contributed by atoms with E-state index in [9.17, 15) is 9.59 Å². The van der Waals surface area contributed by atoms with Crippen LogP contribution < -0.4 is 10.9 Å². The standard InChI is InChI=1S/C50H34O4/c1-49(2)38-11-7-5-9-31(38)33-17-13-28(24-40(33)49)27-16-21-42-37(23-27)46(51)36-20-22-43-45(48(36)54-42)47(52)35-19-15-30(26-44(35)53-43)29-14-18-34-32-10-6-8-12-39(32)50(3,4)41(34)25-29/h5-26H,1-4H3. The third-order valence-electron chi connectivity index (χ3n) is 12.3. The maximum Gasteiger partial charge on any atom is 0.204 e. The molecule has 0 bridgehead atoms. The molecule has 4 nitrogen and oxygen atoms in total. The SMILES string of the molecule is CC1(C)c2ccccc2-c2ccc(-c3ccc4c(=O)c5c(ccc6c(=O)c7cc(-c8ccc9c(c8)C(C)(C)c8ccccc8-9)ccc7oc65)oc4c3)cc21. The summed E-state index contributed by atoms with van der Waals surface area (Å²) in [4.78, 5) is 28.3. The molecule has 0 saturated carbocycles. The average Bonchev–Trinajstić information content (AvgIpc) is 3.56. The van der Waals surface area contributed by atoms with Crippen molar-refractivity contribution >= 4 is 43.9 Å². The van der Waals surface area contributed by atoms with Crippen LogP contribution in [-0.4, -0.2) is 0 Å². The first-order chi connectivity index (χ1) is 26.1. The van der Waals surface area contributed by atoms with Gasteiger partial charge in [0.15, 0.2) is 5.58 Å². The fourth-order valence-electron chi connectivity index (χ4n) is 9.38. The monoisotopic (exact) mass is 698 g/mol. The van der Waals surface area contributed by atoms with Gasteiger partial charge in [-0.3, -0.25) is 9.59 Å². The fourth-order valence-corrected chi connectivity index (χ4v) is 9.38. The van der Waals surface area contributed by atoms with Crippen LogP contribution in [-0.2, 0) is 10.8 Å². The lowest BCUT2D eigenvalue weighted by atomic mass is 9.81. The Kier molecular flexibility index (Phi) is 6.06. The Morgan fingerprint density at radius 1 is 0.389 bits per heavy atom. The molecule has 0 aliphatic heterocycles. The van der Waals surface area contributed by atoms with Crippen LogP contribution in [0.3, 0.4) is 0 Å². The molecule has 54 heavy (non-hydrogen) atoms. The summed E-state index contributed by atoms with van der Waals surface area (Å²) < 4.78 is 12.9. The molecule has 2 heterocycles. The molecule has 7 aromatic carbocycles. The molecule has 0 saturated heterocycles. The van der Waals surface area contributed by atoms with Crippen molar-refractivity contribution in [2.45, 2.75) is 38.5 Å². The van der Waals surface area contributed by atoms with Crippen LogP contribution >= 0.6 is 0 Å². The van der Waals surface area contributed by atoms with E-state index in [1.165, 1.54) is 44.5 Å². The Hall–Kier alpha value is -6.52. The fraction of sp³-hybridized carbons (Fsp3) is 0.120. The molecule has 0 radical (unpaired) electrons. The summed E-state index contributed by atoms with van der Waals surface area (Å²) in [6.45, 7) is 9.07. The van der Waals surface area contributed by atoms with Crippen molar-refractivity contribution < 1.29 is 8.83 Å². The summed E-state index contributed by atoms with van der Waals surface area (Å²) in [7, 11) is 0. The third-order valence-corrected chi connectivity index (χ3v) is 12.3. The molecule has 0 N–H and O–H groups in total. The zero-order valence-electron chi connectivity index (χ0n) is 30.3. The van der Waals surface area contributed by atoms with Crippen LogP contribution in [0.5, 0.6) is 0 Å². The van der Waals surface area contributed by atoms with E-state index in [-0.39, 0.29) is 32.7 Å². The summed E-state index contributed by atoms with van der Waals surface area (Å²) in [5.41, 5.74) is 15.1. The lowest BCUT2D eigenvalue weighted by Gasteiger charge is -2.22. The summed E-state index contributed by atoms with van der Waals surface area (Å²) in [5.74, 6) is 0. The van der Waals surface area contributed by atoms with E-state index in [2.05, 4.69) is 113 Å². The van der Waals surface area contributed by atoms with Crippen molar-refractivity contribution in [3.63, 3.8) is 0 Å². The third kappa shape index (κ3) is 4.08. The molecule has 9 aromatic rings. The predicted octanol–water partition coefficient (Wildman–Crippen LogP) is 12.2. The number of hydrogen-bond acceptors (Lipinski definition) is 4. The highest BCUT2D eigenvalue weighted by atomic mass is 16.3. The minimum absolute atomic E-state index is 0.121. The van der Waals surface area contributed by atoms with Crippen molar-refractivity contribution in [2.24, 2.45) is 0 Å². The van der Waals surface area contributed by atoms with Crippen LogP contribution in [0, 0.1) is 0 Å². The van der Waals surface area contributed by atoms with E-state index in [4.69, 9.17) is 8.83 Å². The second-order valence-corrected chi connectivity index (χ2v) is 16.0. The van der Waals surface area contributed by atoms with E-state index >= 15 is 0 Å². The molecular formula is C50H34O4. The Bertz CT molecular complexity index is 3260. The second kappa shape index (κ2) is 10.5. The van der Waals surface area contributed by atoms with E-state index in [0.717, 1.165) is 22.3 Å². The van der Waals surface area contributed by atoms with Gasteiger partial charge in [0.1, 0.15) is 22.1 Å². The highest BCUT2D eigenvalue weighted by molar-refractivity contribution is 6.08. The summed E-state index contributed by atoms with van der Waals surface area (Å²) in [6, 6.07) is 45.2. The van der Waals surface area contributed by atoms with Gasteiger partial charge in [0.25, 0.3) is 0 Å². The van der Waals surface area contributed by atoms with Gasteiger partial charge in [-0.2, -0.15) is 0 Å². The number of hydrogen-bond donors (Lipinski definition) is 0. The summed E-state index contributed by atoms with van der Waals surface area (Å²) >= 11 is 0. The Morgan fingerprint density at radius 2 is 0.889 bits per heavy atom. The number of benzene rings is 7. The van der Waals surface area contributed by atoms with E-state index in [1.807, 2.05) is 36.4 Å². The first kappa shape index (κ1) is 31.0. The molecule has 4 heteroatoms. The summed E-state index contributed by atoms with van der Waals surface area (Å²) in [5, 5.41) is 1.53. The normalized spacial score (nSPS) is 14.7. The van der Waals surface area contributed by atoms with Gasteiger partial charge in [-0.15, -0.1) is 0 Å². The molecule has 0 amide bonds. The van der Waals surface area contributed by atoms with Gasteiger partial charge in [0.2, 0.25) is 10.9 Å². The van der Waals surface area contributed by atoms with Gasteiger partial charge < -0.3 is 8.83 Å². The topological polar surface area (TPSA) is 60.4 Å². The lowest BCUT2D eigenvalue weighted by molar-refractivity contribution is 0.649. The van der Waals surface area contributed by atoms with Crippen LogP contribution in [0.15, 0.2) is 152 Å². The first-order valence-electron chi connectivity index (χ1n) is 18.5. The van der Waals surface area contributed by atoms with Gasteiger partial charge >= 0.3 is 0 Å². The molecule has 258 valence electrons. The Morgan fingerprint density at radius 3 is 1.54 bits per heavy atom. The largest absolute Gasteiger partial charge is 0.456 e. The molecule has 2 aromatic heterocycles. The number of rotatable bonds is 2. The zero-order valence-corrected chi connectivity index (χ0v) is 30.3. The molecular weight excluding hydrogens is 665 g/mol. The molecule has 0 unspecified atom stereocenters. The smallest absolute Gasteiger partial charge is 0.204 e. The van der Waals surface area contributed by atoms with Crippen molar-refractivity contribution in [1.29, 1.82) is 0 Å². The van der Waals surface area contributed by atoms with Crippen LogP contribution in [0.4, 0.5) is 0 Å². The van der Waals surface area contributed by atoms with E-state index < -0.39 is 0 Å². The zero-order chi connectivity index (χ0) is 36.7. The van der Waals surface area contributed by atoms with Crippen molar-refractivity contribution in [3.05, 3.63) is 176 Å². The molecule has 11 rings (SSSR count). The van der Waals surface area contributed by atoms with Crippen LogP contribution in [0.25, 0.3) is 88.4 Å². The maximum atomic E-state index is 14.2. The van der Waals surface area contributed by atoms with E-state index in [1.54, 1.807) is 12.1 Å². The quantitative estimate of drug-likeness (QED) is 0.133.